The van der Waals surface area contributed by atoms with Gasteiger partial charge in [0.1, 0.15) is 0 Å². The van der Waals surface area contributed by atoms with Gasteiger partial charge in [0.15, 0.2) is 0 Å². The van der Waals surface area contributed by atoms with E-state index >= 15 is 0 Å². The first kappa shape index (κ1) is 13.3. The summed E-state index contributed by atoms with van der Waals surface area (Å²) in [5.74, 6) is 0.178. The standard InChI is InChI=1S/C13H21NO4/c1-17-13(16)11-2-6-14(7-3-11)12(15)10-4-8-18-9-5-10/h10-11H,2-9H2,1H3. The fourth-order valence-corrected chi connectivity index (χ4v) is 2.70. The van der Waals surface area contributed by atoms with Crippen LogP contribution >= 0.6 is 0 Å². The Labute approximate surface area is 107 Å². The summed E-state index contributed by atoms with van der Waals surface area (Å²) in [4.78, 5) is 25.6. The fraction of sp³-hybridized carbons (Fsp3) is 0.846. The van der Waals surface area contributed by atoms with Gasteiger partial charge in [-0.05, 0) is 25.7 Å². The smallest absolute Gasteiger partial charge is 0.308 e. The summed E-state index contributed by atoms with van der Waals surface area (Å²) in [5, 5.41) is 0. The average Bonchev–Trinajstić information content (AvgIpc) is 2.47. The van der Waals surface area contributed by atoms with E-state index < -0.39 is 0 Å². The maximum absolute atomic E-state index is 12.3. The van der Waals surface area contributed by atoms with Crippen LogP contribution in [0.5, 0.6) is 0 Å². The lowest BCUT2D eigenvalue weighted by Gasteiger charge is -2.34. The summed E-state index contributed by atoms with van der Waals surface area (Å²) in [6.45, 7) is 2.73. The Morgan fingerprint density at radius 3 is 2.22 bits per heavy atom. The number of piperidine rings is 1. The number of methoxy groups -OCH3 is 1. The quantitative estimate of drug-likeness (QED) is 0.686. The molecule has 0 unspecified atom stereocenters. The molecule has 0 saturated carbocycles. The molecule has 18 heavy (non-hydrogen) atoms. The SMILES string of the molecule is COC(=O)C1CCN(C(=O)C2CCOCC2)CC1. The minimum atomic E-state index is -0.145. The molecule has 2 aliphatic heterocycles. The summed E-state index contributed by atoms with van der Waals surface area (Å²) >= 11 is 0. The van der Waals surface area contributed by atoms with E-state index in [4.69, 9.17) is 9.47 Å². The lowest BCUT2D eigenvalue weighted by Crippen LogP contribution is -2.44. The molecule has 2 saturated heterocycles. The van der Waals surface area contributed by atoms with Gasteiger partial charge in [0.25, 0.3) is 0 Å². The van der Waals surface area contributed by atoms with Crippen molar-refractivity contribution in [2.75, 3.05) is 33.4 Å². The lowest BCUT2D eigenvalue weighted by atomic mass is 9.93. The Kier molecular flexibility index (Phi) is 4.58. The Bertz CT molecular complexity index is 304. The monoisotopic (exact) mass is 255 g/mol. The van der Waals surface area contributed by atoms with Crippen molar-refractivity contribution in [2.45, 2.75) is 25.7 Å². The largest absolute Gasteiger partial charge is 0.469 e. The number of hydrogen-bond donors (Lipinski definition) is 0. The van der Waals surface area contributed by atoms with E-state index in [1.54, 1.807) is 0 Å². The van der Waals surface area contributed by atoms with Gasteiger partial charge in [0, 0.05) is 32.2 Å². The molecule has 2 fully saturated rings. The molecule has 5 nitrogen and oxygen atoms in total. The highest BCUT2D eigenvalue weighted by molar-refractivity contribution is 5.79. The van der Waals surface area contributed by atoms with Crippen LogP contribution in [0.2, 0.25) is 0 Å². The lowest BCUT2D eigenvalue weighted by molar-refractivity contribution is -0.150. The number of hydrogen-bond acceptors (Lipinski definition) is 4. The maximum Gasteiger partial charge on any atom is 0.308 e. The van der Waals surface area contributed by atoms with Gasteiger partial charge in [0.2, 0.25) is 5.91 Å². The van der Waals surface area contributed by atoms with Gasteiger partial charge in [-0.2, -0.15) is 0 Å². The minimum Gasteiger partial charge on any atom is -0.469 e. The van der Waals surface area contributed by atoms with E-state index in [1.165, 1.54) is 7.11 Å². The Hall–Kier alpha value is -1.10. The van der Waals surface area contributed by atoms with Crippen molar-refractivity contribution < 1.29 is 19.1 Å². The van der Waals surface area contributed by atoms with Crippen LogP contribution in [0.3, 0.4) is 0 Å². The third-order valence-corrected chi connectivity index (χ3v) is 3.91. The Morgan fingerprint density at radius 2 is 1.67 bits per heavy atom. The van der Waals surface area contributed by atoms with E-state index in [9.17, 15) is 9.59 Å². The number of ether oxygens (including phenoxy) is 2. The highest BCUT2D eigenvalue weighted by Gasteiger charge is 2.31. The molecule has 0 aromatic heterocycles. The van der Waals surface area contributed by atoms with Gasteiger partial charge in [-0.15, -0.1) is 0 Å². The van der Waals surface area contributed by atoms with Crippen molar-refractivity contribution in [3.05, 3.63) is 0 Å². The molecule has 0 radical (unpaired) electrons. The van der Waals surface area contributed by atoms with Crippen molar-refractivity contribution >= 4 is 11.9 Å². The summed E-state index contributed by atoms with van der Waals surface area (Å²) in [5.41, 5.74) is 0. The van der Waals surface area contributed by atoms with Crippen LogP contribution in [0.25, 0.3) is 0 Å². The van der Waals surface area contributed by atoms with Crippen molar-refractivity contribution in [1.82, 2.24) is 4.90 Å². The first-order chi connectivity index (χ1) is 8.72. The first-order valence-electron chi connectivity index (χ1n) is 6.66. The molecule has 0 N–H and O–H groups in total. The molecule has 0 aromatic rings. The zero-order valence-electron chi connectivity index (χ0n) is 10.9. The summed E-state index contributed by atoms with van der Waals surface area (Å²) < 4.78 is 10.0. The van der Waals surface area contributed by atoms with Crippen LogP contribution in [0.15, 0.2) is 0 Å². The zero-order chi connectivity index (χ0) is 13.0. The molecule has 2 rings (SSSR count). The van der Waals surface area contributed by atoms with Crippen LogP contribution in [-0.4, -0.2) is 50.2 Å². The van der Waals surface area contributed by atoms with E-state index in [0.717, 1.165) is 25.7 Å². The second-order valence-corrected chi connectivity index (χ2v) is 5.01. The second-order valence-electron chi connectivity index (χ2n) is 5.01. The molecule has 2 aliphatic rings. The van der Waals surface area contributed by atoms with Crippen molar-refractivity contribution in [1.29, 1.82) is 0 Å². The molecule has 0 aliphatic carbocycles. The van der Waals surface area contributed by atoms with Crippen LogP contribution in [0, 0.1) is 11.8 Å². The second kappa shape index (κ2) is 6.18. The molecule has 1 amide bonds. The van der Waals surface area contributed by atoms with Crippen LogP contribution in [-0.2, 0) is 19.1 Å². The average molecular weight is 255 g/mol. The molecule has 0 aromatic carbocycles. The number of esters is 1. The molecular weight excluding hydrogens is 234 g/mol. The molecular formula is C13H21NO4. The predicted octanol–water partition coefficient (Wildman–Crippen LogP) is 0.825. The van der Waals surface area contributed by atoms with E-state index in [1.807, 2.05) is 4.90 Å². The molecule has 0 spiro atoms. The summed E-state index contributed by atoms with van der Waals surface area (Å²) in [6, 6.07) is 0. The maximum atomic E-state index is 12.3. The van der Waals surface area contributed by atoms with Gasteiger partial charge in [0.05, 0.1) is 13.0 Å². The van der Waals surface area contributed by atoms with E-state index in [-0.39, 0.29) is 23.7 Å². The van der Waals surface area contributed by atoms with Gasteiger partial charge in [-0.1, -0.05) is 0 Å². The normalized spacial score (nSPS) is 22.8. The van der Waals surface area contributed by atoms with E-state index in [2.05, 4.69) is 0 Å². The summed E-state index contributed by atoms with van der Waals surface area (Å²) in [6.07, 6.45) is 3.11. The van der Waals surface area contributed by atoms with Crippen LogP contribution < -0.4 is 0 Å². The van der Waals surface area contributed by atoms with Crippen molar-refractivity contribution in [3.63, 3.8) is 0 Å². The first-order valence-corrected chi connectivity index (χ1v) is 6.66. The van der Waals surface area contributed by atoms with Crippen molar-refractivity contribution in [2.24, 2.45) is 11.8 Å². The third kappa shape index (κ3) is 3.02. The Balaban J connectivity index is 1.81. The molecule has 0 bridgehead atoms. The number of amides is 1. The summed E-state index contributed by atoms with van der Waals surface area (Å²) in [7, 11) is 1.42. The predicted molar refractivity (Wildman–Crippen MR) is 64.9 cm³/mol. The van der Waals surface area contributed by atoms with Crippen molar-refractivity contribution in [3.8, 4) is 0 Å². The third-order valence-electron chi connectivity index (χ3n) is 3.91. The number of nitrogens with zero attached hydrogens (tertiary/aromatic N) is 1. The Morgan fingerprint density at radius 1 is 1.06 bits per heavy atom. The molecule has 5 heteroatoms. The van der Waals surface area contributed by atoms with Crippen LogP contribution in [0.1, 0.15) is 25.7 Å². The number of carbonyl (C=O) groups excluding carboxylic acids is 2. The van der Waals surface area contributed by atoms with Gasteiger partial charge < -0.3 is 14.4 Å². The zero-order valence-corrected chi connectivity index (χ0v) is 10.9. The number of carbonyl (C=O) groups is 2. The van der Waals surface area contributed by atoms with E-state index in [0.29, 0.717) is 26.3 Å². The van der Waals surface area contributed by atoms with Gasteiger partial charge in [-0.3, -0.25) is 9.59 Å². The molecule has 102 valence electrons. The highest BCUT2D eigenvalue weighted by Crippen LogP contribution is 2.23. The van der Waals surface area contributed by atoms with Gasteiger partial charge in [-0.25, -0.2) is 0 Å². The minimum absolute atomic E-state index is 0.0336. The molecule has 0 atom stereocenters. The molecule has 2 heterocycles. The topological polar surface area (TPSA) is 55.8 Å². The van der Waals surface area contributed by atoms with Crippen LogP contribution in [0.4, 0.5) is 0 Å². The fourth-order valence-electron chi connectivity index (χ4n) is 2.70. The number of likely N-dealkylation sites (tertiary alicyclic amines) is 1. The highest BCUT2D eigenvalue weighted by atomic mass is 16.5. The number of rotatable bonds is 2. The van der Waals surface area contributed by atoms with Gasteiger partial charge >= 0.3 is 5.97 Å².